The first-order chi connectivity index (χ1) is 9.56. The molecule has 0 aliphatic heterocycles. The quantitative estimate of drug-likeness (QED) is 0.782. The molecule has 2 N–H and O–H groups in total. The van der Waals surface area contributed by atoms with Crippen LogP contribution in [0.5, 0.6) is 5.75 Å². The lowest BCUT2D eigenvalue weighted by molar-refractivity contribution is -0.132. The molecule has 0 aliphatic rings. The summed E-state index contributed by atoms with van der Waals surface area (Å²) in [4.78, 5) is 23.2. The maximum Gasteiger partial charge on any atom is 0.276 e. The number of amides is 2. The molecule has 1 aromatic rings. The Labute approximate surface area is 119 Å². The predicted octanol–water partition coefficient (Wildman–Crippen LogP) is 1.96. The molecule has 0 atom stereocenters. The van der Waals surface area contributed by atoms with Gasteiger partial charge < -0.3 is 4.74 Å². The van der Waals surface area contributed by atoms with E-state index in [-0.39, 0.29) is 24.3 Å². The van der Waals surface area contributed by atoms with Crippen LogP contribution in [0.3, 0.4) is 0 Å². The molecule has 0 radical (unpaired) electrons. The molecule has 0 aliphatic carbocycles. The first kappa shape index (κ1) is 16.0. The van der Waals surface area contributed by atoms with Crippen molar-refractivity contribution < 1.29 is 14.3 Å². The summed E-state index contributed by atoms with van der Waals surface area (Å²) < 4.78 is 5.33. The topological polar surface area (TPSA) is 67.4 Å². The van der Waals surface area contributed by atoms with E-state index in [2.05, 4.69) is 10.9 Å². The van der Waals surface area contributed by atoms with Crippen LogP contribution >= 0.6 is 0 Å². The number of carbonyl (C=O) groups excluding carboxylic acids is 2. The molecule has 0 fully saturated rings. The Morgan fingerprint density at radius 1 is 1.20 bits per heavy atom. The minimum Gasteiger partial charge on any atom is -0.484 e. The summed E-state index contributed by atoms with van der Waals surface area (Å²) in [6.45, 7) is 5.70. The maximum absolute atomic E-state index is 11.7. The van der Waals surface area contributed by atoms with Crippen molar-refractivity contribution in [1.29, 1.82) is 0 Å². The molecule has 0 saturated carbocycles. The number of nitrogens with one attached hydrogen (secondary N) is 2. The number of benzene rings is 1. The molecule has 2 amide bonds. The zero-order chi connectivity index (χ0) is 15.0. The number of hydrogen-bond acceptors (Lipinski definition) is 3. The van der Waals surface area contributed by atoms with Gasteiger partial charge in [-0.15, -0.1) is 0 Å². The van der Waals surface area contributed by atoms with E-state index in [4.69, 9.17) is 4.74 Å². The molecule has 5 heteroatoms. The summed E-state index contributed by atoms with van der Waals surface area (Å²) in [5.74, 6) is 0.00387. The molecule has 0 aromatic heterocycles. The van der Waals surface area contributed by atoms with Crippen LogP contribution in [0.1, 0.15) is 32.3 Å². The number of ether oxygens (including phenoxy) is 1. The smallest absolute Gasteiger partial charge is 0.276 e. The average molecular weight is 278 g/mol. The molecular weight excluding hydrogens is 256 g/mol. The second-order valence-electron chi connectivity index (χ2n) is 4.66. The minimum absolute atomic E-state index is 0.0759. The van der Waals surface area contributed by atoms with E-state index in [0.29, 0.717) is 5.75 Å². The Morgan fingerprint density at radius 2 is 1.90 bits per heavy atom. The number of aryl methyl sites for hydroxylation is 1. The van der Waals surface area contributed by atoms with Crippen molar-refractivity contribution in [2.24, 2.45) is 5.92 Å². The normalized spacial score (nSPS) is 10.2. The number of hydrazine groups is 1. The second kappa shape index (κ2) is 8.19. The van der Waals surface area contributed by atoms with Crippen molar-refractivity contribution in [3.05, 3.63) is 29.8 Å². The fourth-order valence-corrected chi connectivity index (χ4v) is 1.78. The number of carbonyl (C=O) groups is 2. The van der Waals surface area contributed by atoms with Gasteiger partial charge in [-0.1, -0.05) is 26.0 Å². The fourth-order valence-electron chi connectivity index (χ4n) is 1.78. The van der Waals surface area contributed by atoms with Gasteiger partial charge in [-0.3, -0.25) is 20.4 Å². The molecule has 0 heterocycles. The zero-order valence-corrected chi connectivity index (χ0v) is 12.2. The SMILES string of the molecule is CCC(CC)C(=O)NNC(=O)COc1cccc(C)c1. The third kappa shape index (κ3) is 5.30. The largest absolute Gasteiger partial charge is 0.484 e. The lowest BCUT2D eigenvalue weighted by Gasteiger charge is -2.13. The Bertz CT molecular complexity index is 456. The third-order valence-corrected chi connectivity index (χ3v) is 3.04. The van der Waals surface area contributed by atoms with E-state index in [1.165, 1.54) is 0 Å². The van der Waals surface area contributed by atoms with Crippen molar-refractivity contribution in [1.82, 2.24) is 10.9 Å². The summed E-state index contributed by atoms with van der Waals surface area (Å²) in [5.41, 5.74) is 5.83. The van der Waals surface area contributed by atoms with Crippen molar-refractivity contribution in [3.8, 4) is 5.75 Å². The number of rotatable bonds is 6. The van der Waals surface area contributed by atoms with Gasteiger partial charge in [0.1, 0.15) is 5.75 Å². The van der Waals surface area contributed by atoms with Gasteiger partial charge in [0.15, 0.2) is 6.61 Å². The van der Waals surface area contributed by atoms with Crippen LogP contribution in [-0.2, 0) is 9.59 Å². The molecule has 110 valence electrons. The summed E-state index contributed by atoms with van der Waals surface area (Å²) in [7, 11) is 0. The molecule has 5 nitrogen and oxygen atoms in total. The van der Waals surface area contributed by atoms with E-state index in [9.17, 15) is 9.59 Å². The van der Waals surface area contributed by atoms with E-state index in [1.807, 2.05) is 39.0 Å². The highest BCUT2D eigenvalue weighted by Gasteiger charge is 2.14. The second-order valence-corrected chi connectivity index (χ2v) is 4.66. The van der Waals surface area contributed by atoms with Crippen LogP contribution in [0.4, 0.5) is 0 Å². The lowest BCUT2D eigenvalue weighted by atomic mass is 10.0. The minimum atomic E-state index is -0.384. The molecular formula is C15H22N2O3. The van der Waals surface area contributed by atoms with E-state index < -0.39 is 0 Å². The van der Waals surface area contributed by atoms with Gasteiger partial charge in [-0.05, 0) is 37.5 Å². The van der Waals surface area contributed by atoms with Crippen molar-refractivity contribution in [3.63, 3.8) is 0 Å². The molecule has 1 aromatic carbocycles. The third-order valence-electron chi connectivity index (χ3n) is 3.04. The van der Waals surface area contributed by atoms with Gasteiger partial charge in [-0.2, -0.15) is 0 Å². The summed E-state index contributed by atoms with van der Waals surface area (Å²) in [6.07, 6.45) is 1.50. The summed E-state index contributed by atoms with van der Waals surface area (Å²) in [5, 5.41) is 0. The van der Waals surface area contributed by atoms with Gasteiger partial charge in [-0.25, -0.2) is 0 Å². The standard InChI is InChI=1S/C15H22N2O3/c1-4-12(5-2)15(19)17-16-14(18)10-20-13-8-6-7-11(3)9-13/h6-9,12H,4-5,10H2,1-3H3,(H,16,18)(H,17,19). The first-order valence-corrected chi connectivity index (χ1v) is 6.85. The van der Waals surface area contributed by atoms with Gasteiger partial charge >= 0.3 is 0 Å². The molecule has 0 saturated heterocycles. The monoisotopic (exact) mass is 278 g/mol. The number of hydrogen-bond donors (Lipinski definition) is 2. The zero-order valence-electron chi connectivity index (χ0n) is 12.2. The lowest BCUT2D eigenvalue weighted by Crippen LogP contribution is -2.46. The van der Waals surface area contributed by atoms with Gasteiger partial charge in [0.05, 0.1) is 0 Å². The fraction of sp³-hybridized carbons (Fsp3) is 0.467. The van der Waals surface area contributed by atoms with Gasteiger partial charge in [0, 0.05) is 5.92 Å². The highest BCUT2D eigenvalue weighted by molar-refractivity contribution is 5.83. The van der Waals surface area contributed by atoms with Crippen LogP contribution in [-0.4, -0.2) is 18.4 Å². The molecule has 0 bridgehead atoms. The van der Waals surface area contributed by atoms with Crippen molar-refractivity contribution >= 4 is 11.8 Å². The van der Waals surface area contributed by atoms with Crippen molar-refractivity contribution in [2.45, 2.75) is 33.6 Å². The van der Waals surface area contributed by atoms with Crippen LogP contribution in [0, 0.1) is 12.8 Å². The Balaban J connectivity index is 2.32. The Hall–Kier alpha value is -2.04. The maximum atomic E-state index is 11.7. The van der Waals surface area contributed by atoms with Gasteiger partial charge in [0.2, 0.25) is 5.91 Å². The summed E-state index contributed by atoms with van der Waals surface area (Å²) in [6, 6.07) is 7.43. The highest BCUT2D eigenvalue weighted by Crippen LogP contribution is 2.11. The van der Waals surface area contributed by atoms with Crippen LogP contribution in [0.15, 0.2) is 24.3 Å². The van der Waals surface area contributed by atoms with E-state index >= 15 is 0 Å². The molecule has 0 unspecified atom stereocenters. The summed E-state index contributed by atoms with van der Waals surface area (Å²) >= 11 is 0. The predicted molar refractivity (Wildman–Crippen MR) is 77.0 cm³/mol. The first-order valence-electron chi connectivity index (χ1n) is 6.85. The molecule has 20 heavy (non-hydrogen) atoms. The Morgan fingerprint density at radius 3 is 2.50 bits per heavy atom. The molecule has 1 rings (SSSR count). The van der Waals surface area contributed by atoms with Crippen LogP contribution < -0.4 is 15.6 Å². The van der Waals surface area contributed by atoms with Crippen LogP contribution in [0.2, 0.25) is 0 Å². The average Bonchev–Trinajstić information content (AvgIpc) is 2.44. The van der Waals surface area contributed by atoms with Crippen LogP contribution in [0.25, 0.3) is 0 Å². The van der Waals surface area contributed by atoms with E-state index in [0.717, 1.165) is 18.4 Å². The molecule has 0 spiro atoms. The highest BCUT2D eigenvalue weighted by atomic mass is 16.5. The van der Waals surface area contributed by atoms with Crippen molar-refractivity contribution in [2.75, 3.05) is 6.61 Å². The van der Waals surface area contributed by atoms with E-state index in [1.54, 1.807) is 6.07 Å². The Kier molecular flexibility index (Phi) is 6.56. The van der Waals surface area contributed by atoms with Gasteiger partial charge in [0.25, 0.3) is 5.91 Å².